The smallest absolute Gasteiger partial charge is 0.151 e. The Bertz CT molecular complexity index is 465. The van der Waals surface area contributed by atoms with Gasteiger partial charge in [-0.3, -0.25) is 0 Å². The van der Waals surface area contributed by atoms with Crippen LogP contribution in [-0.2, 0) is 13.0 Å². The molecule has 2 aromatic rings. The lowest BCUT2D eigenvalue weighted by atomic mass is 10.2. The maximum Gasteiger partial charge on any atom is 0.151 e. The SMILES string of the molecule is CCc1ccc(N(CC)Cc2ccccc2)nn1. The molecular formula is C15H19N3. The first-order valence-electron chi connectivity index (χ1n) is 6.45. The van der Waals surface area contributed by atoms with E-state index in [1.807, 2.05) is 6.07 Å². The van der Waals surface area contributed by atoms with Crippen molar-refractivity contribution >= 4 is 5.82 Å². The fraction of sp³-hybridized carbons (Fsp3) is 0.333. The van der Waals surface area contributed by atoms with Crippen LogP contribution in [0.2, 0.25) is 0 Å². The van der Waals surface area contributed by atoms with E-state index < -0.39 is 0 Å². The number of hydrogen-bond donors (Lipinski definition) is 0. The highest BCUT2D eigenvalue weighted by Gasteiger charge is 2.07. The second-order valence-corrected chi connectivity index (χ2v) is 4.24. The van der Waals surface area contributed by atoms with E-state index in [9.17, 15) is 0 Å². The first-order valence-corrected chi connectivity index (χ1v) is 6.45. The highest BCUT2D eigenvalue weighted by atomic mass is 15.3. The van der Waals surface area contributed by atoms with Crippen LogP contribution in [-0.4, -0.2) is 16.7 Å². The quantitative estimate of drug-likeness (QED) is 0.805. The van der Waals surface area contributed by atoms with Gasteiger partial charge in [-0.25, -0.2) is 0 Å². The minimum atomic E-state index is 0.873. The maximum atomic E-state index is 4.29. The number of hydrogen-bond acceptors (Lipinski definition) is 3. The van der Waals surface area contributed by atoms with Crippen molar-refractivity contribution < 1.29 is 0 Å². The van der Waals surface area contributed by atoms with Crippen LogP contribution in [0.3, 0.4) is 0 Å². The number of aromatic nitrogens is 2. The Morgan fingerprint density at radius 2 is 1.72 bits per heavy atom. The number of aryl methyl sites for hydroxylation is 1. The molecule has 0 unspecified atom stereocenters. The Morgan fingerprint density at radius 3 is 2.28 bits per heavy atom. The Hall–Kier alpha value is -1.90. The van der Waals surface area contributed by atoms with Gasteiger partial charge in [-0.15, -0.1) is 5.10 Å². The highest BCUT2D eigenvalue weighted by molar-refractivity contribution is 5.38. The summed E-state index contributed by atoms with van der Waals surface area (Å²) in [6, 6.07) is 14.5. The van der Waals surface area contributed by atoms with Gasteiger partial charge in [-0.05, 0) is 31.0 Å². The minimum Gasteiger partial charge on any atom is -0.351 e. The zero-order valence-corrected chi connectivity index (χ0v) is 11.0. The molecule has 0 radical (unpaired) electrons. The first kappa shape index (κ1) is 12.6. The molecule has 94 valence electrons. The van der Waals surface area contributed by atoms with Crippen molar-refractivity contribution in [3.8, 4) is 0 Å². The van der Waals surface area contributed by atoms with E-state index >= 15 is 0 Å². The Kier molecular flexibility index (Phi) is 4.29. The van der Waals surface area contributed by atoms with Crippen LogP contribution in [0.5, 0.6) is 0 Å². The Morgan fingerprint density at radius 1 is 0.944 bits per heavy atom. The van der Waals surface area contributed by atoms with Gasteiger partial charge in [0.15, 0.2) is 5.82 Å². The minimum absolute atomic E-state index is 0.873. The number of rotatable bonds is 5. The van der Waals surface area contributed by atoms with Gasteiger partial charge in [0.25, 0.3) is 0 Å². The van der Waals surface area contributed by atoms with Gasteiger partial charge in [0.05, 0.1) is 5.69 Å². The summed E-state index contributed by atoms with van der Waals surface area (Å²) < 4.78 is 0. The third-order valence-electron chi connectivity index (χ3n) is 2.99. The monoisotopic (exact) mass is 241 g/mol. The summed E-state index contributed by atoms with van der Waals surface area (Å²) in [4.78, 5) is 2.22. The fourth-order valence-corrected chi connectivity index (χ4v) is 1.87. The molecule has 0 fully saturated rings. The zero-order valence-electron chi connectivity index (χ0n) is 11.0. The molecule has 0 aliphatic carbocycles. The van der Waals surface area contributed by atoms with Crippen LogP contribution in [0.4, 0.5) is 5.82 Å². The number of benzene rings is 1. The second kappa shape index (κ2) is 6.15. The zero-order chi connectivity index (χ0) is 12.8. The van der Waals surface area contributed by atoms with E-state index in [1.165, 1.54) is 5.56 Å². The van der Waals surface area contributed by atoms with Crippen molar-refractivity contribution in [1.82, 2.24) is 10.2 Å². The van der Waals surface area contributed by atoms with E-state index in [0.29, 0.717) is 0 Å². The van der Waals surface area contributed by atoms with Crippen LogP contribution in [0.25, 0.3) is 0 Å². The molecule has 3 nitrogen and oxygen atoms in total. The third-order valence-corrected chi connectivity index (χ3v) is 2.99. The van der Waals surface area contributed by atoms with E-state index in [0.717, 1.165) is 31.0 Å². The predicted molar refractivity (Wildman–Crippen MR) is 74.6 cm³/mol. The van der Waals surface area contributed by atoms with Crippen molar-refractivity contribution in [2.24, 2.45) is 0 Å². The molecule has 2 rings (SSSR count). The fourth-order valence-electron chi connectivity index (χ4n) is 1.87. The van der Waals surface area contributed by atoms with E-state index in [4.69, 9.17) is 0 Å². The Labute approximate surface area is 108 Å². The lowest BCUT2D eigenvalue weighted by Crippen LogP contribution is -2.23. The lowest BCUT2D eigenvalue weighted by molar-refractivity contribution is 0.786. The van der Waals surface area contributed by atoms with E-state index in [-0.39, 0.29) is 0 Å². The lowest BCUT2D eigenvalue weighted by Gasteiger charge is -2.21. The molecule has 18 heavy (non-hydrogen) atoms. The summed E-state index contributed by atoms with van der Waals surface area (Å²) in [7, 11) is 0. The molecule has 0 N–H and O–H groups in total. The molecule has 1 aromatic carbocycles. The molecule has 1 heterocycles. The summed E-state index contributed by atoms with van der Waals surface area (Å²) >= 11 is 0. The standard InChI is InChI=1S/C15H19N3/c1-3-14-10-11-15(17-16-14)18(4-2)12-13-8-6-5-7-9-13/h5-11H,3-4,12H2,1-2H3. The molecule has 0 amide bonds. The summed E-state index contributed by atoms with van der Waals surface area (Å²) in [5.74, 6) is 0.943. The van der Waals surface area contributed by atoms with Crippen LogP contribution in [0.15, 0.2) is 42.5 Å². The van der Waals surface area contributed by atoms with Gasteiger partial charge in [-0.1, -0.05) is 37.3 Å². The number of anilines is 1. The molecule has 0 atom stereocenters. The molecule has 3 heteroatoms. The molecule has 0 saturated heterocycles. The van der Waals surface area contributed by atoms with Crippen molar-refractivity contribution in [2.75, 3.05) is 11.4 Å². The first-order chi connectivity index (χ1) is 8.83. The number of nitrogens with zero attached hydrogens (tertiary/aromatic N) is 3. The normalized spacial score (nSPS) is 10.3. The highest BCUT2D eigenvalue weighted by Crippen LogP contribution is 2.13. The van der Waals surface area contributed by atoms with Crippen molar-refractivity contribution in [1.29, 1.82) is 0 Å². The van der Waals surface area contributed by atoms with Crippen LogP contribution in [0, 0.1) is 0 Å². The van der Waals surface area contributed by atoms with Gasteiger partial charge < -0.3 is 4.90 Å². The van der Waals surface area contributed by atoms with Gasteiger partial charge in [0.1, 0.15) is 0 Å². The summed E-state index contributed by atoms with van der Waals surface area (Å²) in [6.45, 7) is 6.02. The summed E-state index contributed by atoms with van der Waals surface area (Å²) in [5, 5.41) is 8.51. The van der Waals surface area contributed by atoms with Gasteiger partial charge >= 0.3 is 0 Å². The molecule has 1 aromatic heterocycles. The van der Waals surface area contributed by atoms with E-state index in [2.05, 4.69) is 65.3 Å². The van der Waals surface area contributed by atoms with Crippen LogP contribution < -0.4 is 4.90 Å². The average Bonchev–Trinajstić information content (AvgIpc) is 2.46. The van der Waals surface area contributed by atoms with Crippen LogP contribution in [0.1, 0.15) is 25.1 Å². The van der Waals surface area contributed by atoms with Gasteiger partial charge in [-0.2, -0.15) is 5.10 Å². The molecule has 0 aliphatic rings. The summed E-state index contributed by atoms with van der Waals surface area (Å²) in [5.41, 5.74) is 2.33. The van der Waals surface area contributed by atoms with Crippen molar-refractivity contribution in [3.63, 3.8) is 0 Å². The van der Waals surface area contributed by atoms with Crippen LogP contribution >= 0.6 is 0 Å². The van der Waals surface area contributed by atoms with Gasteiger partial charge in [0, 0.05) is 13.1 Å². The average molecular weight is 241 g/mol. The molecule has 0 saturated carbocycles. The van der Waals surface area contributed by atoms with Gasteiger partial charge in [0.2, 0.25) is 0 Å². The van der Waals surface area contributed by atoms with Crippen molar-refractivity contribution in [2.45, 2.75) is 26.8 Å². The van der Waals surface area contributed by atoms with E-state index in [1.54, 1.807) is 0 Å². The maximum absolute atomic E-state index is 4.29. The molecule has 0 aliphatic heterocycles. The van der Waals surface area contributed by atoms with Crippen molar-refractivity contribution in [3.05, 3.63) is 53.7 Å². The Balaban J connectivity index is 2.12. The topological polar surface area (TPSA) is 29.0 Å². The second-order valence-electron chi connectivity index (χ2n) is 4.24. The third kappa shape index (κ3) is 3.06. The molecule has 0 bridgehead atoms. The predicted octanol–water partition coefficient (Wildman–Crippen LogP) is 3.07. The summed E-state index contributed by atoms with van der Waals surface area (Å²) in [6.07, 6.45) is 0.929. The molecule has 0 spiro atoms. The largest absolute Gasteiger partial charge is 0.351 e. The molecular weight excluding hydrogens is 222 g/mol.